The van der Waals surface area contributed by atoms with E-state index in [1.54, 1.807) is 0 Å². The molecule has 71 valence electrons. The monoisotopic (exact) mass is 203 g/mol. The topological polar surface area (TPSA) is 26.3 Å². The van der Waals surface area contributed by atoms with Crippen molar-refractivity contribution >= 4 is 0 Å². The summed E-state index contributed by atoms with van der Waals surface area (Å²) in [6.07, 6.45) is 2.37. The first kappa shape index (κ1) is 17.2. The van der Waals surface area contributed by atoms with E-state index < -0.39 is 0 Å². The van der Waals surface area contributed by atoms with E-state index >= 15 is 0 Å². The second-order valence-electron chi connectivity index (χ2n) is 1.47. The first-order chi connectivity index (χ1) is 5.41. The van der Waals surface area contributed by atoms with E-state index in [-0.39, 0.29) is 0 Å². The molecule has 0 aromatic heterocycles. The van der Waals surface area contributed by atoms with E-state index in [0.717, 1.165) is 13.0 Å². The Morgan fingerprint density at radius 2 is 2.00 bits per heavy atom. The molecule has 0 aromatic rings. The summed E-state index contributed by atoms with van der Waals surface area (Å²) in [4.78, 5) is 0. The van der Waals surface area contributed by atoms with Gasteiger partial charge < -0.3 is 18.2 Å². The third kappa shape index (κ3) is 40.0. The molecule has 0 rings (SSSR count). The first-order valence-electron chi connectivity index (χ1n) is 3.33. The van der Waals surface area contributed by atoms with Crippen LogP contribution in [-0.2, 0) is 24.3 Å². The van der Waals surface area contributed by atoms with Gasteiger partial charge in [0.25, 0.3) is 0 Å². The molecule has 0 aliphatic carbocycles. The number of unbranched alkanes of at least 4 members (excludes halogenated alkanes) is 1. The van der Waals surface area contributed by atoms with Crippen molar-refractivity contribution in [3.63, 3.8) is 0 Å². The van der Waals surface area contributed by atoms with Crippen LogP contribution in [0.3, 0.4) is 0 Å². The molecule has 0 radical (unpaired) electrons. The van der Waals surface area contributed by atoms with Crippen molar-refractivity contribution in [2.45, 2.75) is 19.8 Å². The molecule has 0 aliphatic heterocycles. The number of ether oxygens (including phenoxy) is 1. The van der Waals surface area contributed by atoms with Gasteiger partial charge in [0.2, 0.25) is 0 Å². The zero-order chi connectivity index (χ0) is 9.54. The van der Waals surface area contributed by atoms with Crippen LogP contribution in [0.25, 0.3) is 0 Å². The van der Waals surface area contributed by atoms with Crippen LogP contribution in [0.2, 0.25) is 0 Å². The van der Waals surface area contributed by atoms with Crippen molar-refractivity contribution in [3.8, 4) is 0 Å². The average Bonchev–Trinajstić information content (AvgIpc) is 2.13. The number of rotatable bonds is 4. The maximum atomic E-state index is 7.94. The van der Waals surface area contributed by atoms with Crippen molar-refractivity contribution in [2.24, 2.45) is 0 Å². The van der Waals surface area contributed by atoms with Gasteiger partial charge in [0, 0.05) is 6.61 Å². The quantitative estimate of drug-likeness (QED) is 0.516. The van der Waals surface area contributed by atoms with Crippen LogP contribution in [0, 0.1) is 13.5 Å². The third-order valence-corrected chi connectivity index (χ3v) is 0.787. The Bertz CT molecular complexity index is 45.4. The van der Waals surface area contributed by atoms with Gasteiger partial charge in [0.15, 0.2) is 0 Å². The SMILES string of the molecule is [CH-]=C.[CH2-]COCCCC.[O]=[Co]. The predicted molar refractivity (Wildman–Crippen MR) is 41.7 cm³/mol. The Hall–Kier alpha value is 0.00649. The molecule has 0 aliphatic rings. The van der Waals surface area contributed by atoms with Crippen LogP contribution >= 0.6 is 0 Å². The average molecular weight is 203 g/mol. The van der Waals surface area contributed by atoms with Crippen molar-refractivity contribution in [1.29, 1.82) is 0 Å². The van der Waals surface area contributed by atoms with Crippen molar-refractivity contribution in [2.75, 3.05) is 13.2 Å². The van der Waals surface area contributed by atoms with Crippen LogP contribution in [0.15, 0.2) is 6.58 Å². The van der Waals surface area contributed by atoms with Gasteiger partial charge in [-0.15, -0.1) is 0 Å². The number of hydrogen-bond acceptors (Lipinski definition) is 2. The molecular weight excluding hydrogens is 187 g/mol. The van der Waals surface area contributed by atoms with Crippen molar-refractivity contribution in [1.82, 2.24) is 0 Å². The Labute approximate surface area is 77.8 Å². The van der Waals surface area contributed by atoms with Gasteiger partial charge in [0.05, 0.1) is 0 Å². The second kappa shape index (κ2) is 32.4. The van der Waals surface area contributed by atoms with E-state index in [0.29, 0.717) is 6.61 Å². The summed E-state index contributed by atoms with van der Waals surface area (Å²) >= 11 is 2.31. The van der Waals surface area contributed by atoms with Gasteiger partial charge in [-0.2, -0.15) is 0 Å². The summed E-state index contributed by atoms with van der Waals surface area (Å²) in [5.41, 5.74) is 0. The molecule has 0 aromatic carbocycles. The molecule has 0 unspecified atom stereocenters. The molecule has 0 N–H and O–H groups in total. The molecule has 0 amide bonds. The fourth-order valence-corrected chi connectivity index (χ4v) is 0.348. The minimum absolute atomic E-state index is 0.611. The zero-order valence-electron chi connectivity index (χ0n) is 6.97. The van der Waals surface area contributed by atoms with Gasteiger partial charge in [-0.1, -0.05) is 20.0 Å². The molecule has 0 fully saturated rings. The van der Waals surface area contributed by atoms with E-state index in [9.17, 15) is 0 Å². The Morgan fingerprint density at radius 1 is 1.55 bits per heavy atom. The maximum absolute atomic E-state index is 7.94. The van der Waals surface area contributed by atoms with Crippen molar-refractivity contribution in [3.05, 3.63) is 20.1 Å². The summed E-state index contributed by atoms with van der Waals surface area (Å²) in [6.45, 7) is 14.2. The number of hydrogen-bond donors (Lipinski definition) is 0. The van der Waals surface area contributed by atoms with E-state index in [1.165, 1.54) is 6.42 Å². The van der Waals surface area contributed by atoms with E-state index in [4.69, 9.17) is 8.60 Å². The van der Waals surface area contributed by atoms with Crippen molar-refractivity contribution < 1.29 is 24.3 Å². The zero-order valence-corrected chi connectivity index (χ0v) is 8.01. The summed E-state index contributed by atoms with van der Waals surface area (Å²) in [5, 5.41) is 0. The molecule has 2 nitrogen and oxygen atoms in total. The van der Waals surface area contributed by atoms with Gasteiger partial charge in [0.1, 0.15) is 0 Å². The van der Waals surface area contributed by atoms with Crippen LogP contribution in [-0.4, -0.2) is 13.2 Å². The Morgan fingerprint density at radius 3 is 2.27 bits per heavy atom. The molecule has 0 heterocycles. The summed E-state index contributed by atoms with van der Waals surface area (Å²) in [6, 6.07) is 0. The first-order valence-corrected chi connectivity index (χ1v) is 3.75. The summed E-state index contributed by atoms with van der Waals surface area (Å²) in [5.74, 6) is 0. The van der Waals surface area contributed by atoms with E-state index in [2.05, 4.69) is 42.7 Å². The van der Waals surface area contributed by atoms with Gasteiger partial charge in [-0.3, -0.25) is 6.58 Å². The van der Waals surface area contributed by atoms with Gasteiger partial charge in [-0.25, -0.2) is 0 Å². The Kier molecular flexibility index (Phi) is 50.6. The fourth-order valence-electron chi connectivity index (χ4n) is 0.348. The molecule has 0 spiro atoms. The molecule has 0 saturated heterocycles. The summed E-state index contributed by atoms with van der Waals surface area (Å²) < 4.78 is 12.9. The fraction of sp³-hybridized carbons (Fsp3) is 0.625. The molecule has 0 saturated carbocycles. The third-order valence-electron chi connectivity index (χ3n) is 0.787. The standard InChI is InChI=1S/C6H13O.C2H3.Co.O/c1-3-5-6-7-4-2;1-2;;/h2-6H2,1H3;1H,2H2;;/q2*-1;;. The second-order valence-corrected chi connectivity index (χ2v) is 1.47. The van der Waals surface area contributed by atoms with Crippen LogP contribution < -0.4 is 0 Å². The molecular formula is C8H16CoO2-2. The predicted octanol–water partition coefficient (Wildman–Crippen LogP) is 2.12. The van der Waals surface area contributed by atoms with Crippen LogP contribution in [0.4, 0.5) is 0 Å². The molecule has 11 heavy (non-hydrogen) atoms. The van der Waals surface area contributed by atoms with Gasteiger partial charge >= 0.3 is 19.5 Å². The van der Waals surface area contributed by atoms with E-state index in [1.807, 2.05) is 0 Å². The molecule has 0 atom stereocenters. The minimum atomic E-state index is 0.611. The molecule has 3 heteroatoms. The molecule has 0 bridgehead atoms. The van der Waals surface area contributed by atoms with Crippen LogP contribution in [0.1, 0.15) is 19.8 Å². The van der Waals surface area contributed by atoms with Gasteiger partial charge in [-0.05, 0) is 6.42 Å². The van der Waals surface area contributed by atoms with Crippen LogP contribution in [0.5, 0.6) is 0 Å². The normalized spacial score (nSPS) is 6.82. The Balaban J connectivity index is -0.000000138. The summed E-state index contributed by atoms with van der Waals surface area (Å²) in [7, 11) is 0.